The lowest BCUT2D eigenvalue weighted by Crippen LogP contribution is -2.46. The van der Waals surface area contributed by atoms with Crippen molar-refractivity contribution in [1.29, 1.82) is 0 Å². The van der Waals surface area contributed by atoms with Crippen LogP contribution in [0.15, 0.2) is 30.3 Å². The van der Waals surface area contributed by atoms with Crippen molar-refractivity contribution in [3.8, 4) is 0 Å². The number of benzene rings is 1. The van der Waals surface area contributed by atoms with E-state index in [1.54, 1.807) is 0 Å². The highest BCUT2D eigenvalue weighted by Crippen LogP contribution is 2.35. The highest BCUT2D eigenvalue weighted by molar-refractivity contribution is 5.80. The van der Waals surface area contributed by atoms with E-state index in [0.717, 1.165) is 31.4 Å². The molecule has 2 atom stereocenters. The molecule has 0 spiro atoms. The summed E-state index contributed by atoms with van der Waals surface area (Å²) in [5.74, 6) is -0.0344. The summed E-state index contributed by atoms with van der Waals surface area (Å²) in [4.78, 5) is 11.9. The molecule has 2 unspecified atom stereocenters. The highest BCUT2D eigenvalue weighted by atomic mass is 16.3. The van der Waals surface area contributed by atoms with Crippen LogP contribution in [-0.4, -0.2) is 30.2 Å². The lowest BCUT2D eigenvalue weighted by Gasteiger charge is -2.38. The van der Waals surface area contributed by atoms with Crippen molar-refractivity contribution in [2.75, 3.05) is 18.4 Å². The van der Waals surface area contributed by atoms with Crippen LogP contribution in [0.4, 0.5) is 5.69 Å². The Balaban J connectivity index is 1.74. The molecule has 3 N–H and O–H groups in total. The number of aliphatic hydroxyl groups is 1. The van der Waals surface area contributed by atoms with Gasteiger partial charge in [0, 0.05) is 17.6 Å². The highest BCUT2D eigenvalue weighted by Gasteiger charge is 2.35. The number of amides is 1. The maximum Gasteiger partial charge on any atom is 0.239 e. The normalized spacial score (nSPS) is 26.0. The number of rotatable bonds is 5. The van der Waals surface area contributed by atoms with Crippen molar-refractivity contribution in [2.24, 2.45) is 5.41 Å². The number of nitrogens with one attached hydrogen (secondary N) is 2. The van der Waals surface area contributed by atoms with Gasteiger partial charge in [0.05, 0.1) is 12.6 Å². The number of carbonyl (C=O) groups excluding carboxylic acids is 1. The summed E-state index contributed by atoms with van der Waals surface area (Å²) in [7, 11) is 0. The summed E-state index contributed by atoms with van der Waals surface area (Å²) in [6, 6.07) is 9.66. The Bertz CT molecular complexity index is 435. The number of para-hydroxylation sites is 1. The molecule has 1 saturated carbocycles. The Kier molecular flexibility index (Phi) is 5.01. The van der Waals surface area contributed by atoms with Gasteiger partial charge in [-0.2, -0.15) is 0 Å². The van der Waals surface area contributed by atoms with E-state index < -0.39 is 0 Å². The van der Waals surface area contributed by atoms with Crippen LogP contribution in [0, 0.1) is 5.41 Å². The van der Waals surface area contributed by atoms with Gasteiger partial charge in [0.1, 0.15) is 0 Å². The van der Waals surface area contributed by atoms with Gasteiger partial charge >= 0.3 is 0 Å². The Labute approximate surface area is 120 Å². The van der Waals surface area contributed by atoms with E-state index in [1.807, 2.05) is 30.3 Å². The first-order valence-corrected chi connectivity index (χ1v) is 7.34. The second-order valence-electron chi connectivity index (χ2n) is 5.91. The number of aliphatic hydroxyl groups excluding tert-OH is 1. The smallest absolute Gasteiger partial charge is 0.239 e. The minimum atomic E-state index is -0.307. The summed E-state index contributed by atoms with van der Waals surface area (Å²) >= 11 is 0. The van der Waals surface area contributed by atoms with E-state index in [2.05, 4.69) is 17.6 Å². The number of hydrogen-bond acceptors (Lipinski definition) is 3. The van der Waals surface area contributed by atoms with Gasteiger partial charge in [-0.05, 0) is 25.0 Å². The molecule has 1 fully saturated rings. The number of anilines is 1. The van der Waals surface area contributed by atoms with Crippen LogP contribution in [0.25, 0.3) is 0 Å². The predicted octanol–water partition coefficient (Wildman–Crippen LogP) is 2.16. The third-order valence-corrected chi connectivity index (χ3v) is 4.20. The van der Waals surface area contributed by atoms with Gasteiger partial charge in [-0.1, -0.05) is 38.0 Å². The summed E-state index contributed by atoms with van der Waals surface area (Å²) in [5.41, 5.74) is 0.757. The average molecular weight is 276 g/mol. The van der Waals surface area contributed by atoms with Crippen molar-refractivity contribution in [3.05, 3.63) is 30.3 Å². The number of carbonyl (C=O) groups is 1. The molecular formula is C16H24N2O2. The fourth-order valence-corrected chi connectivity index (χ4v) is 2.69. The van der Waals surface area contributed by atoms with Crippen LogP contribution in [0.3, 0.4) is 0 Å². The molecule has 0 saturated heterocycles. The lowest BCUT2D eigenvalue weighted by atomic mass is 9.73. The molecule has 2 rings (SSSR count). The SMILES string of the molecule is CC1(CNC(=O)CNc2ccccc2)CCCCC1O. The van der Waals surface area contributed by atoms with Crippen molar-refractivity contribution >= 4 is 11.6 Å². The van der Waals surface area contributed by atoms with Gasteiger partial charge in [0.2, 0.25) is 5.91 Å². The quantitative estimate of drug-likeness (QED) is 0.772. The lowest BCUT2D eigenvalue weighted by molar-refractivity contribution is -0.120. The second-order valence-corrected chi connectivity index (χ2v) is 5.91. The minimum absolute atomic E-state index is 0.0344. The van der Waals surface area contributed by atoms with E-state index in [-0.39, 0.29) is 24.0 Å². The molecule has 0 radical (unpaired) electrons. The predicted molar refractivity (Wildman–Crippen MR) is 80.5 cm³/mol. The standard InChI is InChI=1S/C16H24N2O2/c1-16(10-6-5-9-14(16)19)12-18-15(20)11-17-13-7-3-2-4-8-13/h2-4,7-8,14,17,19H,5-6,9-12H2,1H3,(H,18,20). The minimum Gasteiger partial charge on any atom is -0.392 e. The monoisotopic (exact) mass is 276 g/mol. The van der Waals surface area contributed by atoms with E-state index in [0.29, 0.717) is 6.54 Å². The first-order chi connectivity index (χ1) is 9.60. The molecule has 4 heteroatoms. The maximum atomic E-state index is 11.9. The van der Waals surface area contributed by atoms with Crippen LogP contribution < -0.4 is 10.6 Å². The van der Waals surface area contributed by atoms with Crippen molar-refractivity contribution < 1.29 is 9.90 Å². The van der Waals surface area contributed by atoms with E-state index in [4.69, 9.17) is 0 Å². The van der Waals surface area contributed by atoms with Crippen LogP contribution in [-0.2, 0) is 4.79 Å². The van der Waals surface area contributed by atoms with Crippen molar-refractivity contribution in [1.82, 2.24) is 5.32 Å². The van der Waals surface area contributed by atoms with Crippen LogP contribution >= 0.6 is 0 Å². The molecule has 110 valence electrons. The maximum absolute atomic E-state index is 11.9. The van der Waals surface area contributed by atoms with Crippen LogP contribution in [0.1, 0.15) is 32.6 Å². The van der Waals surface area contributed by atoms with Gasteiger partial charge < -0.3 is 15.7 Å². The van der Waals surface area contributed by atoms with Gasteiger partial charge in [-0.15, -0.1) is 0 Å². The molecule has 1 aliphatic carbocycles. The van der Waals surface area contributed by atoms with E-state index in [1.165, 1.54) is 0 Å². The summed E-state index contributed by atoms with van der Waals surface area (Å²) in [6.45, 7) is 2.86. The topological polar surface area (TPSA) is 61.4 Å². The van der Waals surface area contributed by atoms with Crippen LogP contribution in [0.5, 0.6) is 0 Å². The molecule has 0 heterocycles. The largest absolute Gasteiger partial charge is 0.392 e. The Morgan fingerprint density at radius 3 is 2.80 bits per heavy atom. The van der Waals surface area contributed by atoms with Gasteiger partial charge in [0.25, 0.3) is 0 Å². The third kappa shape index (κ3) is 3.97. The summed E-state index contributed by atoms with van der Waals surface area (Å²) in [5, 5.41) is 16.1. The van der Waals surface area contributed by atoms with Gasteiger partial charge in [-0.3, -0.25) is 4.79 Å². The van der Waals surface area contributed by atoms with Crippen molar-refractivity contribution in [3.63, 3.8) is 0 Å². The molecular weight excluding hydrogens is 252 g/mol. The Morgan fingerprint density at radius 1 is 1.35 bits per heavy atom. The first kappa shape index (κ1) is 14.9. The molecule has 1 amide bonds. The van der Waals surface area contributed by atoms with Gasteiger partial charge in [-0.25, -0.2) is 0 Å². The Morgan fingerprint density at radius 2 is 2.10 bits per heavy atom. The molecule has 20 heavy (non-hydrogen) atoms. The van der Waals surface area contributed by atoms with E-state index in [9.17, 15) is 9.90 Å². The zero-order chi connectivity index (χ0) is 14.4. The first-order valence-electron chi connectivity index (χ1n) is 7.34. The number of hydrogen-bond donors (Lipinski definition) is 3. The fourth-order valence-electron chi connectivity index (χ4n) is 2.69. The zero-order valence-corrected chi connectivity index (χ0v) is 12.1. The average Bonchev–Trinajstić information content (AvgIpc) is 2.47. The zero-order valence-electron chi connectivity index (χ0n) is 12.1. The summed E-state index contributed by atoms with van der Waals surface area (Å²) < 4.78 is 0. The third-order valence-electron chi connectivity index (χ3n) is 4.20. The molecule has 4 nitrogen and oxygen atoms in total. The molecule has 1 aromatic carbocycles. The second kappa shape index (κ2) is 6.75. The Hall–Kier alpha value is -1.55. The van der Waals surface area contributed by atoms with E-state index >= 15 is 0 Å². The van der Waals surface area contributed by atoms with Crippen LogP contribution in [0.2, 0.25) is 0 Å². The van der Waals surface area contributed by atoms with Gasteiger partial charge in [0.15, 0.2) is 0 Å². The fraction of sp³-hybridized carbons (Fsp3) is 0.562. The summed E-state index contributed by atoms with van der Waals surface area (Å²) in [6.07, 6.45) is 3.72. The molecule has 0 bridgehead atoms. The molecule has 1 aromatic rings. The molecule has 0 aromatic heterocycles. The molecule has 0 aliphatic heterocycles. The van der Waals surface area contributed by atoms with Crippen molar-refractivity contribution in [2.45, 2.75) is 38.7 Å². The molecule has 1 aliphatic rings.